The maximum Gasteiger partial charge on any atom is 0.573 e. The fourth-order valence-corrected chi connectivity index (χ4v) is 0.912. The van der Waals surface area contributed by atoms with Crippen molar-refractivity contribution in [1.29, 1.82) is 0 Å². The fraction of sp³-hybridized carbons (Fsp3) is 0.111. The van der Waals surface area contributed by atoms with Crippen molar-refractivity contribution < 1.29 is 31.1 Å². The summed E-state index contributed by atoms with van der Waals surface area (Å²) in [7, 11) is 0. The number of alkyl halides is 3. The Bertz CT molecular complexity index is 387. The molecule has 0 aliphatic carbocycles. The monoisotopic (exact) mass is 242 g/mol. The summed E-state index contributed by atoms with van der Waals surface area (Å²) in [5, 5.41) is 0. The van der Waals surface area contributed by atoms with E-state index in [4.69, 9.17) is 0 Å². The molecule has 0 radical (unpaired) electrons. The van der Waals surface area contributed by atoms with Gasteiger partial charge in [-0.1, -0.05) is 0 Å². The standard InChI is InChI=1S/C9H4F6O/c10-7(8(11)12)5-1-3-6(4-2-5)16-9(13,14)15/h1-4H. The van der Waals surface area contributed by atoms with Crippen molar-refractivity contribution in [3.05, 3.63) is 35.9 Å². The van der Waals surface area contributed by atoms with Gasteiger partial charge in [-0.15, -0.1) is 13.2 Å². The average Bonchev–Trinajstić information content (AvgIpc) is 2.15. The molecule has 0 unspecified atom stereocenters. The molecule has 0 heterocycles. The number of benzene rings is 1. The number of halogens is 6. The molecule has 0 fully saturated rings. The Hall–Kier alpha value is -1.66. The largest absolute Gasteiger partial charge is 0.573 e. The minimum absolute atomic E-state index is 0.519. The quantitative estimate of drug-likeness (QED) is 0.709. The molecule has 0 amide bonds. The van der Waals surface area contributed by atoms with Crippen molar-refractivity contribution >= 4 is 5.83 Å². The molecule has 0 saturated heterocycles. The molecule has 0 aliphatic rings. The molecule has 0 saturated carbocycles. The lowest BCUT2D eigenvalue weighted by molar-refractivity contribution is -0.274. The van der Waals surface area contributed by atoms with E-state index in [2.05, 4.69) is 4.74 Å². The van der Waals surface area contributed by atoms with Crippen molar-refractivity contribution in [3.63, 3.8) is 0 Å². The Balaban J connectivity index is 2.88. The molecule has 0 atom stereocenters. The lowest BCUT2D eigenvalue weighted by atomic mass is 10.2. The van der Waals surface area contributed by atoms with Gasteiger partial charge in [0.05, 0.1) is 0 Å². The summed E-state index contributed by atoms with van der Waals surface area (Å²) in [6.45, 7) is 0. The van der Waals surface area contributed by atoms with Crippen LogP contribution in [0.25, 0.3) is 5.83 Å². The highest BCUT2D eigenvalue weighted by molar-refractivity contribution is 5.60. The molecule has 0 aliphatic heterocycles. The van der Waals surface area contributed by atoms with Crippen molar-refractivity contribution in [2.75, 3.05) is 0 Å². The average molecular weight is 242 g/mol. The van der Waals surface area contributed by atoms with E-state index in [1.807, 2.05) is 0 Å². The highest BCUT2D eigenvalue weighted by Gasteiger charge is 2.31. The van der Waals surface area contributed by atoms with Crippen LogP contribution in [0.4, 0.5) is 26.3 Å². The van der Waals surface area contributed by atoms with Crippen molar-refractivity contribution in [1.82, 2.24) is 0 Å². The summed E-state index contributed by atoms with van der Waals surface area (Å²) in [4.78, 5) is 0. The summed E-state index contributed by atoms with van der Waals surface area (Å²) < 4.78 is 74.7. The van der Waals surface area contributed by atoms with Gasteiger partial charge >= 0.3 is 12.4 Å². The fourth-order valence-electron chi connectivity index (χ4n) is 0.912. The number of rotatable bonds is 2. The Morgan fingerprint density at radius 2 is 1.44 bits per heavy atom. The molecule has 0 N–H and O–H groups in total. The van der Waals surface area contributed by atoms with Gasteiger partial charge in [0.1, 0.15) is 5.75 Å². The van der Waals surface area contributed by atoms with E-state index in [1.54, 1.807) is 0 Å². The summed E-state index contributed by atoms with van der Waals surface area (Å²) in [6.07, 6.45) is -7.41. The van der Waals surface area contributed by atoms with Gasteiger partial charge in [0.25, 0.3) is 0 Å². The lowest BCUT2D eigenvalue weighted by Gasteiger charge is -2.08. The molecule has 1 rings (SSSR count). The Morgan fingerprint density at radius 1 is 0.938 bits per heavy atom. The predicted octanol–water partition coefficient (Wildman–Crippen LogP) is 4.12. The summed E-state index contributed by atoms with van der Waals surface area (Å²) >= 11 is 0. The van der Waals surface area contributed by atoms with Gasteiger partial charge < -0.3 is 4.74 Å². The van der Waals surface area contributed by atoms with Crippen molar-refractivity contribution in [3.8, 4) is 5.75 Å². The van der Waals surface area contributed by atoms with E-state index >= 15 is 0 Å². The van der Waals surface area contributed by atoms with Gasteiger partial charge in [0.15, 0.2) is 5.83 Å². The van der Waals surface area contributed by atoms with Gasteiger partial charge in [-0.3, -0.25) is 0 Å². The first kappa shape index (κ1) is 12.4. The third kappa shape index (κ3) is 3.48. The van der Waals surface area contributed by atoms with Crippen LogP contribution in [0.1, 0.15) is 5.56 Å². The van der Waals surface area contributed by atoms with E-state index in [1.165, 1.54) is 0 Å². The molecule has 1 aromatic rings. The maximum atomic E-state index is 12.6. The second-order valence-corrected chi connectivity index (χ2v) is 2.65. The SMILES string of the molecule is FC(F)=C(F)c1ccc(OC(F)(F)F)cc1. The number of ether oxygens (including phenoxy) is 1. The Labute approximate surface area is 85.9 Å². The first-order valence-electron chi connectivity index (χ1n) is 3.86. The molecule has 0 spiro atoms. The highest BCUT2D eigenvalue weighted by Crippen LogP contribution is 2.26. The van der Waals surface area contributed by atoms with Crippen molar-refractivity contribution in [2.24, 2.45) is 0 Å². The highest BCUT2D eigenvalue weighted by atomic mass is 19.4. The third-order valence-electron chi connectivity index (χ3n) is 1.51. The van der Waals surface area contributed by atoms with Crippen LogP contribution in [0.5, 0.6) is 5.75 Å². The van der Waals surface area contributed by atoms with E-state index in [-0.39, 0.29) is 0 Å². The van der Waals surface area contributed by atoms with Gasteiger partial charge in [0.2, 0.25) is 0 Å². The van der Waals surface area contributed by atoms with Crippen molar-refractivity contribution in [2.45, 2.75) is 6.36 Å². The Morgan fingerprint density at radius 3 is 1.81 bits per heavy atom. The van der Waals surface area contributed by atoms with E-state index < -0.39 is 29.6 Å². The molecule has 16 heavy (non-hydrogen) atoms. The first-order valence-corrected chi connectivity index (χ1v) is 3.86. The minimum Gasteiger partial charge on any atom is -0.406 e. The summed E-state index contributed by atoms with van der Waals surface area (Å²) in [5.41, 5.74) is -0.519. The molecule has 0 aromatic heterocycles. The number of hydrogen-bond donors (Lipinski definition) is 0. The van der Waals surface area contributed by atoms with Gasteiger partial charge in [-0.25, -0.2) is 4.39 Å². The maximum absolute atomic E-state index is 12.6. The molecule has 0 bridgehead atoms. The topological polar surface area (TPSA) is 9.23 Å². The molecular formula is C9H4F6O. The van der Waals surface area contributed by atoms with Gasteiger partial charge in [-0.2, -0.15) is 8.78 Å². The zero-order valence-corrected chi connectivity index (χ0v) is 7.49. The molecule has 7 heteroatoms. The zero-order chi connectivity index (χ0) is 12.3. The van der Waals surface area contributed by atoms with Crippen LogP contribution in [0.3, 0.4) is 0 Å². The van der Waals surface area contributed by atoms with E-state index in [9.17, 15) is 26.3 Å². The van der Waals surface area contributed by atoms with Crippen LogP contribution in [0, 0.1) is 0 Å². The molecule has 1 aromatic carbocycles. The molecular weight excluding hydrogens is 238 g/mol. The predicted molar refractivity (Wildman–Crippen MR) is 43.4 cm³/mol. The minimum atomic E-state index is -4.87. The molecule has 88 valence electrons. The van der Waals surface area contributed by atoms with E-state index in [0.717, 1.165) is 24.3 Å². The third-order valence-corrected chi connectivity index (χ3v) is 1.51. The van der Waals surface area contributed by atoms with E-state index in [0.29, 0.717) is 0 Å². The van der Waals surface area contributed by atoms with Crippen LogP contribution in [0.15, 0.2) is 30.3 Å². The van der Waals surface area contributed by atoms with Gasteiger partial charge in [0, 0.05) is 5.56 Å². The summed E-state index contributed by atoms with van der Waals surface area (Å²) in [5.74, 6) is -2.39. The van der Waals surface area contributed by atoms with Gasteiger partial charge in [-0.05, 0) is 24.3 Å². The van der Waals surface area contributed by atoms with Crippen LogP contribution in [-0.2, 0) is 0 Å². The number of hydrogen-bond acceptors (Lipinski definition) is 1. The summed E-state index contributed by atoms with van der Waals surface area (Å²) in [6, 6.07) is 3.00. The first-order chi connectivity index (χ1) is 7.29. The lowest BCUT2D eigenvalue weighted by Crippen LogP contribution is -2.16. The van der Waals surface area contributed by atoms with Crippen LogP contribution < -0.4 is 4.74 Å². The van der Waals surface area contributed by atoms with Crippen LogP contribution in [-0.4, -0.2) is 6.36 Å². The smallest absolute Gasteiger partial charge is 0.406 e. The Kier molecular flexibility index (Phi) is 3.46. The zero-order valence-electron chi connectivity index (χ0n) is 7.49. The van der Waals surface area contributed by atoms with Crippen LogP contribution >= 0.6 is 0 Å². The van der Waals surface area contributed by atoms with Crippen LogP contribution in [0.2, 0.25) is 0 Å². The molecule has 1 nitrogen and oxygen atoms in total. The normalized spacial score (nSPS) is 11.1. The second-order valence-electron chi connectivity index (χ2n) is 2.65. The second kappa shape index (κ2) is 4.46.